The summed E-state index contributed by atoms with van der Waals surface area (Å²) in [7, 11) is 0. The second-order valence-electron chi connectivity index (χ2n) is 5.76. The van der Waals surface area contributed by atoms with Gasteiger partial charge in [0.05, 0.1) is 17.2 Å². The van der Waals surface area contributed by atoms with Crippen molar-refractivity contribution < 1.29 is 32.2 Å². The molecule has 0 unspecified atom stereocenters. The molecule has 0 saturated heterocycles. The van der Waals surface area contributed by atoms with Gasteiger partial charge in [-0.25, -0.2) is 9.59 Å². The van der Waals surface area contributed by atoms with Crippen molar-refractivity contribution in [3.63, 3.8) is 0 Å². The summed E-state index contributed by atoms with van der Waals surface area (Å²) >= 11 is 0. The van der Waals surface area contributed by atoms with Gasteiger partial charge in [0.25, 0.3) is 0 Å². The van der Waals surface area contributed by atoms with E-state index in [1.54, 1.807) is 32.0 Å². The number of halogens is 3. The van der Waals surface area contributed by atoms with Crippen molar-refractivity contribution in [3.05, 3.63) is 71.3 Å². The molecule has 2 aromatic carbocycles. The Labute approximate surface area is 148 Å². The van der Waals surface area contributed by atoms with Crippen LogP contribution in [0.4, 0.5) is 13.2 Å². The number of benzene rings is 2. The van der Waals surface area contributed by atoms with Gasteiger partial charge >= 0.3 is 18.1 Å². The molecule has 26 heavy (non-hydrogen) atoms. The highest BCUT2D eigenvalue weighted by Gasteiger charge is 2.32. The normalized spacial score (nSPS) is 12.5. The minimum absolute atomic E-state index is 0.0907. The number of hydrogen-bond acceptors (Lipinski definition) is 4. The summed E-state index contributed by atoms with van der Waals surface area (Å²) in [6.07, 6.45) is -6.45. The monoisotopic (exact) mass is 366 g/mol. The SMILES string of the molecule is CC(C)OC(=O)[C@@H](OC(=O)c1ccccc1)c1ccc(C(F)(F)F)cc1. The highest BCUT2D eigenvalue weighted by Crippen LogP contribution is 2.31. The van der Waals surface area contributed by atoms with Gasteiger partial charge in [0.2, 0.25) is 6.10 Å². The van der Waals surface area contributed by atoms with Gasteiger partial charge in [0.1, 0.15) is 0 Å². The van der Waals surface area contributed by atoms with Crippen LogP contribution in [0.5, 0.6) is 0 Å². The Morgan fingerprint density at radius 3 is 1.96 bits per heavy atom. The summed E-state index contributed by atoms with van der Waals surface area (Å²) in [5.74, 6) is -1.64. The molecule has 4 nitrogen and oxygen atoms in total. The highest BCUT2D eigenvalue weighted by atomic mass is 19.4. The zero-order valence-corrected chi connectivity index (χ0v) is 14.1. The van der Waals surface area contributed by atoms with E-state index < -0.39 is 35.9 Å². The van der Waals surface area contributed by atoms with Crippen LogP contribution >= 0.6 is 0 Å². The quantitative estimate of drug-likeness (QED) is 0.728. The second kappa shape index (κ2) is 8.03. The molecule has 0 fully saturated rings. The lowest BCUT2D eigenvalue weighted by molar-refractivity contribution is -0.158. The predicted molar refractivity (Wildman–Crippen MR) is 87.3 cm³/mol. The van der Waals surface area contributed by atoms with Gasteiger partial charge in [-0.05, 0) is 38.1 Å². The first kappa shape index (κ1) is 19.5. The third kappa shape index (κ3) is 5.08. The maximum absolute atomic E-state index is 12.7. The lowest BCUT2D eigenvalue weighted by Crippen LogP contribution is -2.24. The van der Waals surface area contributed by atoms with Crippen LogP contribution in [0.1, 0.15) is 41.4 Å². The molecule has 138 valence electrons. The maximum Gasteiger partial charge on any atom is 0.416 e. The Balaban J connectivity index is 2.29. The number of carbonyl (C=O) groups excluding carboxylic acids is 2. The molecule has 0 aliphatic heterocycles. The maximum atomic E-state index is 12.7. The Bertz CT molecular complexity index is 753. The molecule has 0 aliphatic carbocycles. The van der Waals surface area contributed by atoms with Gasteiger partial charge in [-0.2, -0.15) is 13.2 Å². The lowest BCUT2D eigenvalue weighted by atomic mass is 10.1. The van der Waals surface area contributed by atoms with E-state index in [2.05, 4.69) is 0 Å². The van der Waals surface area contributed by atoms with Crippen LogP contribution in [-0.4, -0.2) is 18.0 Å². The van der Waals surface area contributed by atoms with E-state index in [0.29, 0.717) is 0 Å². The van der Waals surface area contributed by atoms with Gasteiger partial charge in [-0.15, -0.1) is 0 Å². The van der Waals surface area contributed by atoms with Crippen LogP contribution in [0.2, 0.25) is 0 Å². The largest absolute Gasteiger partial charge is 0.460 e. The molecular formula is C19H17F3O4. The van der Waals surface area contributed by atoms with Crippen LogP contribution in [0.25, 0.3) is 0 Å². The van der Waals surface area contributed by atoms with Crippen LogP contribution in [0, 0.1) is 0 Å². The average Bonchev–Trinajstić information content (AvgIpc) is 2.59. The number of esters is 2. The van der Waals surface area contributed by atoms with E-state index >= 15 is 0 Å². The zero-order valence-electron chi connectivity index (χ0n) is 14.1. The smallest absolute Gasteiger partial charge is 0.416 e. The second-order valence-corrected chi connectivity index (χ2v) is 5.76. The number of ether oxygens (including phenoxy) is 2. The van der Waals surface area contributed by atoms with Gasteiger partial charge in [0.15, 0.2) is 0 Å². The minimum atomic E-state index is -4.51. The lowest BCUT2D eigenvalue weighted by Gasteiger charge is -2.19. The van der Waals surface area contributed by atoms with E-state index in [0.717, 1.165) is 24.3 Å². The third-order valence-corrected chi connectivity index (χ3v) is 3.34. The summed E-state index contributed by atoms with van der Waals surface area (Å²) in [6.45, 7) is 3.22. The fourth-order valence-electron chi connectivity index (χ4n) is 2.14. The molecule has 0 aromatic heterocycles. The number of alkyl halides is 3. The summed E-state index contributed by atoms with van der Waals surface area (Å²) in [4.78, 5) is 24.5. The van der Waals surface area contributed by atoms with Crippen molar-refractivity contribution in [2.75, 3.05) is 0 Å². The average molecular weight is 366 g/mol. The third-order valence-electron chi connectivity index (χ3n) is 3.34. The van der Waals surface area contributed by atoms with E-state index in [1.165, 1.54) is 12.1 Å². The molecule has 0 radical (unpaired) electrons. The van der Waals surface area contributed by atoms with Crippen molar-refractivity contribution in [1.82, 2.24) is 0 Å². The Hall–Kier alpha value is -2.83. The van der Waals surface area contributed by atoms with E-state index in [4.69, 9.17) is 9.47 Å². The van der Waals surface area contributed by atoms with E-state index in [1.807, 2.05) is 0 Å². The molecule has 0 aliphatic rings. The number of carbonyl (C=O) groups is 2. The van der Waals surface area contributed by atoms with E-state index in [9.17, 15) is 22.8 Å². The van der Waals surface area contributed by atoms with Crippen LogP contribution in [-0.2, 0) is 20.4 Å². The number of hydrogen-bond donors (Lipinski definition) is 0. The summed E-state index contributed by atoms with van der Waals surface area (Å²) in [5, 5.41) is 0. The van der Waals surface area contributed by atoms with Crippen LogP contribution in [0.3, 0.4) is 0 Å². The van der Waals surface area contributed by atoms with Crippen molar-refractivity contribution in [3.8, 4) is 0 Å². The molecule has 0 amide bonds. The molecule has 2 rings (SSSR count). The zero-order chi connectivity index (χ0) is 19.3. The fourth-order valence-corrected chi connectivity index (χ4v) is 2.14. The first-order chi connectivity index (χ1) is 12.2. The van der Waals surface area contributed by atoms with Crippen molar-refractivity contribution >= 4 is 11.9 Å². The summed E-state index contributed by atoms with van der Waals surface area (Å²) < 4.78 is 48.4. The Morgan fingerprint density at radius 1 is 0.885 bits per heavy atom. The molecule has 0 N–H and O–H groups in total. The first-order valence-electron chi connectivity index (χ1n) is 7.82. The van der Waals surface area contributed by atoms with Crippen LogP contribution in [0.15, 0.2) is 54.6 Å². The van der Waals surface area contributed by atoms with Gasteiger partial charge in [-0.1, -0.05) is 30.3 Å². The minimum Gasteiger partial charge on any atom is -0.460 e. The standard InChI is InChI=1S/C19H17F3O4/c1-12(2)25-18(24)16(26-17(23)14-6-4-3-5-7-14)13-8-10-15(11-9-13)19(20,21)22/h3-12,16H,1-2H3/t16-/m0/s1. The molecular weight excluding hydrogens is 349 g/mol. The molecule has 7 heteroatoms. The fraction of sp³-hybridized carbons (Fsp3) is 0.263. The molecule has 0 heterocycles. The van der Waals surface area contributed by atoms with Gasteiger partial charge < -0.3 is 9.47 Å². The predicted octanol–water partition coefficient (Wildman–Crippen LogP) is 4.56. The number of rotatable bonds is 5. The molecule has 0 saturated carbocycles. The van der Waals surface area contributed by atoms with Crippen LogP contribution < -0.4 is 0 Å². The van der Waals surface area contributed by atoms with Crippen molar-refractivity contribution in [2.24, 2.45) is 0 Å². The van der Waals surface area contributed by atoms with Gasteiger partial charge in [-0.3, -0.25) is 0 Å². The molecule has 2 aromatic rings. The Morgan fingerprint density at radius 2 is 1.46 bits per heavy atom. The Kier molecular flexibility index (Phi) is 6.02. The highest BCUT2D eigenvalue weighted by molar-refractivity contribution is 5.91. The molecule has 1 atom stereocenters. The summed E-state index contributed by atoms with van der Waals surface area (Å²) in [5.41, 5.74) is -0.568. The first-order valence-corrected chi connectivity index (χ1v) is 7.82. The molecule has 0 bridgehead atoms. The molecule has 0 spiro atoms. The van der Waals surface area contributed by atoms with Crippen molar-refractivity contribution in [1.29, 1.82) is 0 Å². The topological polar surface area (TPSA) is 52.6 Å². The van der Waals surface area contributed by atoms with E-state index in [-0.39, 0.29) is 11.1 Å². The summed E-state index contributed by atoms with van der Waals surface area (Å²) in [6, 6.07) is 11.8. The van der Waals surface area contributed by atoms with Crippen molar-refractivity contribution in [2.45, 2.75) is 32.2 Å². The van der Waals surface area contributed by atoms with Gasteiger partial charge in [0, 0.05) is 5.56 Å².